The van der Waals surface area contributed by atoms with Crippen molar-refractivity contribution in [1.29, 1.82) is 0 Å². The molecule has 68 valence electrons. The van der Waals surface area contributed by atoms with E-state index in [1.165, 1.54) is 0 Å². The number of alkyl halides is 1. The van der Waals surface area contributed by atoms with E-state index in [4.69, 9.17) is 5.73 Å². The van der Waals surface area contributed by atoms with Crippen molar-refractivity contribution in [2.75, 3.05) is 11.1 Å². The van der Waals surface area contributed by atoms with Crippen LogP contribution in [-0.2, 0) is 0 Å². The molecule has 13 heavy (non-hydrogen) atoms. The summed E-state index contributed by atoms with van der Waals surface area (Å²) in [5.74, 6) is 6.00. The molecule has 1 aromatic rings. The number of aromatic nitrogens is 1. The van der Waals surface area contributed by atoms with Crippen molar-refractivity contribution in [2.24, 2.45) is 0 Å². The molecule has 0 aliphatic rings. The molecule has 1 heterocycles. The molecule has 0 aromatic carbocycles. The van der Waals surface area contributed by atoms with Gasteiger partial charge >= 0.3 is 0 Å². The summed E-state index contributed by atoms with van der Waals surface area (Å²) >= 11 is 3.31. The number of hydrogen-bond acceptors (Lipinski definition) is 2. The molecule has 0 atom stereocenters. The van der Waals surface area contributed by atoms with E-state index < -0.39 is 0 Å². The fraction of sp³-hybridized carbons (Fsp3) is 0.300. The zero-order valence-electron chi connectivity index (χ0n) is 7.47. The first-order valence-electron chi connectivity index (χ1n) is 4.01. The number of anilines is 1. The number of aryl methyl sites for hydroxylation is 1. The Hall–Kier alpha value is -1.01. The predicted molar refractivity (Wildman–Crippen MR) is 58.7 cm³/mol. The molecule has 0 unspecified atom stereocenters. The smallest absolute Gasteiger partial charge is 0.0602 e. The zero-order chi connectivity index (χ0) is 9.68. The number of hydrogen-bond donors (Lipinski definition) is 1. The Labute approximate surface area is 86.7 Å². The van der Waals surface area contributed by atoms with Gasteiger partial charge in [0.2, 0.25) is 0 Å². The third-order valence-corrected chi connectivity index (χ3v) is 1.97. The first-order valence-corrected chi connectivity index (χ1v) is 5.13. The van der Waals surface area contributed by atoms with Crippen LogP contribution in [-0.4, -0.2) is 10.3 Å². The van der Waals surface area contributed by atoms with Crippen LogP contribution in [0.25, 0.3) is 0 Å². The van der Waals surface area contributed by atoms with Crippen LogP contribution in [0.5, 0.6) is 0 Å². The number of pyridine rings is 1. The van der Waals surface area contributed by atoms with Gasteiger partial charge in [-0.15, -0.1) is 0 Å². The summed E-state index contributed by atoms with van der Waals surface area (Å²) in [6, 6.07) is 1.85. The van der Waals surface area contributed by atoms with Crippen LogP contribution >= 0.6 is 15.9 Å². The lowest BCUT2D eigenvalue weighted by atomic mass is 10.2. The van der Waals surface area contributed by atoms with Crippen molar-refractivity contribution >= 4 is 21.6 Å². The van der Waals surface area contributed by atoms with Gasteiger partial charge in [-0.05, 0) is 13.0 Å². The summed E-state index contributed by atoms with van der Waals surface area (Å²) in [5.41, 5.74) is 8.12. The molecule has 0 amide bonds. The van der Waals surface area contributed by atoms with Crippen molar-refractivity contribution < 1.29 is 0 Å². The van der Waals surface area contributed by atoms with Crippen molar-refractivity contribution in [3.8, 4) is 11.8 Å². The van der Waals surface area contributed by atoms with Crippen molar-refractivity contribution in [1.82, 2.24) is 4.98 Å². The van der Waals surface area contributed by atoms with Crippen molar-refractivity contribution in [3.05, 3.63) is 23.5 Å². The Bertz CT molecular complexity index is 350. The van der Waals surface area contributed by atoms with Crippen molar-refractivity contribution in [3.63, 3.8) is 0 Å². The quantitative estimate of drug-likeness (QED) is 0.602. The largest absolute Gasteiger partial charge is 0.397 e. The Balaban J connectivity index is 2.81. The van der Waals surface area contributed by atoms with Gasteiger partial charge in [-0.1, -0.05) is 27.8 Å². The second-order valence-corrected chi connectivity index (χ2v) is 3.43. The van der Waals surface area contributed by atoms with Gasteiger partial charge in [0, 0.05) is 23.5 Å². The van der Waals surface area contributed by atoms with Crippen LogP contribution < -0.4 is 5.73 Å². The topological polar surface area (TPSA) is 38.9 Å². The van der Waals surface area contributed by atoms with E-state index >= 15 is 0 Å². The number of nitrogen functional groups attached to an aromatic ring is 1. The third-order valence-electron chi connectivity index (χ3n) is 1.58. The minimum Gasteiger partial charge on any atom is -0.397 e. The summed E-state index contributed by atoms with van der Waals surface area (Å²) in [4.78, 5) is 4.12. The molecule has 2 N–H and O–H groups in total. The van der Waals surface area contributed by atoms with E-state index in [1.807, 2.05) is 13.0 Å². The Morgan fingerprint density at radius 1 is 1.62 bits per heavy atom. The van der Waals surface area contributed by atoms with Crippen LogP contribution in [0.3, 0.4) is 0 Å². The molecule has 0 saturated carbocycles. The van der Waals surface area contributed by atoms with E-state index in [1.54, 1.807) is 6.20 Å². The Kier molecular flexibility index (Phi) is 3.78. The first-order chi connectivity index (χ1) is 6.24. The standard InChI is InChI=1S/C10H11BrN2/c1-8-10(12)6-9(7-13-8)4-2-3-5-11/h6-7H,3,5,12H2,1H3. The maximum Gasteiger partial charge on any atom is 0.0602 e. The van der Waals surface area contributed by atoms with Crippen LogP contribution in [0.4, 0.5) is 5.69 Å². The predicted octanol–water partition coefficient (Wildman–Crippen LogP) is 2.11. The number of nitrogens with zero attached hydrogens (tertiary/aromatic N) is 1. The highest BCUT2D eigenvalue weighted by atomic mass is 79.9. The fourth-order valence-corrected chi connectivity index (χ4v) is 1.03. The third kappa shape index (κ3) is 3.08. The Morgan fingerprint density at radius 2 is 2.38 bits per heavy atom. The highest BCUT2D eigenvalue weighted by Crippen LogP contribution is 2.08. The minimum absolute atomic E-state index is 0.700. The molecule has 3 heteroatoms. The maximum absolute atomic E-state index is 5.69. The average Bonchev–Trinajstić information content (AvgIpc) is 2.12. The van der Waals surface area contributed by atoms with Gasteiger partial charge in [0.1, 0.15) is 0 Å². The van der Waals surface area contributed by atoms with Gasteiger partial charge in [-0.2, -0.15) is 0 Å². The Morgan fingerprint density at radius 3 is 3.00 bits per heavy atom. The molecule has 2 nitrogen and oxygen atoms in total. The normalized spacial score (nSPS) is 9.08. The van der Waals surface area contributed by atoms with E-state index in [9.17, 15) is 0 Å². The lowest BCUT2D eigenvalue weighted by molar-refractivity contribution is 1.20. The van der Waals surface area contributed by atoms with E-state index in [2.05, 4.69) is 32.8 Å². The van der Waals surface area contributed by atoms with Crippen LogP contribution in [0.1, 0.15) is 17.7 Å². The summed E-state index contributed by atoms with van der Waals surface area (Å²) in [7, 11) is 0. The fourth-order valence-electron chi connectivity index (χ4n) is 0.830. The van der Waals surface area contributed by atoms with Gasteiger partial charge in [0.25, 0.3) is 0 Å². The summed E-state index contributed by atoms with van der Waals surface area (Å²) in [5, 5.41) is 0.898. The molecule has 0 spiro atoms. The monoisotopic (exact) mass is 238 g/mol. The second-order valence-electron chi connectivity index (χ2n) is 2.64. The maximum atomic E-state index is 5.69. The first kappa shape index (κ1) is 10.1. The van der Waals surface area contributed by atoms with Gasteiger partial charge in [0.15, 0.2) is 0 Å². The molecular formula is C10H11BrN2. The highest BCUT2D eigenvalue weighted by Gasteiger charge is 1.94. The van der Waals surface area contributed by atoms with E-state index in [0.29, 0.717) is 5.69 Å². The van der Waals surface area contributed by atoms with Crippen molar-refractivity contribution in [2.45, 2.75) is 13.3 Å². The number of halogens is 1. The zero-order valence-corrected chi connectivity index (χ0v) is 9.06. The molecule has 0 aliphatic carbocycles. The van der Waals surface area contributed by atoms with Gasteiger partial charge < -0.3 is 5.73 Å². The second kappa shape index (κ2) is 4.88. The van der Waals surface area contributed by atoms with Crippen LogP contribution in [0.15, 0.2) is 12.3 Å². The van der Waals surface area contributed by atoms with Gasteiger partial charge in [-0.3, -0.25) is 4.98 Å². The molecule has 0 saturated heterocycles. The average molecular weight is 239 g/mol. The SMILES string of the molecule is Cc1ncc(C#CCCBr)cc1N. The number of nitrogens with two attached hydrogens (primary N) is 1. The van der Waals surface area contributed by atoms with Gasteiger partial charge in [-0.25, -0.2) is 0 Å². The van der Waals surface area contributed by atoms with E-state index in [0.717, 1.165) is 23.0 Å². The summed E-state index contributed by atoms with van der Waals surface area (Å²) in [6.45, 7) is 1.88. The molecule has 0 fully saturated rings. The molecule has 0 aliphatic heterocycles. The number of rotatable bonds is 1. The van der Waals surface area contributed by atoms with E-state index in [-0.39, 0.29) is 0 Å². The summed E-state index contributed by atoms with van der Waals surface area (Å²) < 4.78 is 0. The minimum atomic E-state index is 0.700. The summed E-state index contributed by atoms with van der Waals surface area (Å²) in [6.07, 6.45) is 2.58. The molecule has 1 aromatic heterocycles. The van der Waals surface area contributed by atoms with Crippen LogP contribution in [0, 0.1) is 18.8 Å². The molecular weight excluding hydrogens is 228 g/mol. The molecule has 0 radical (unpaired) electrons. The highest BCUT2D eigenvalue weighted by molar-refractivity contribution is 9.09. The van der Waals surface area contributed by atoms with Crippen LogP contribution in [0.2, 0.25) is 0 Å². The lowest BCUT2D eigenvalue weighted by Crippen LogP contribution is -1.93. The lowest BCUT2D eigenvalue weighted by Gasteiger charge is -1.97. The molecule has 0 bridgehead atoms. The van der Waals surface area contributed by atoms with Gasteiger partial charge in [0.05, 0.1) is 11.4 Å². The molecule has 1 rings (SSSR count).